The summed E-state index contributed by atoms with van der Waals surface area (Å²) >= 11 is 0. The summed E-state index contributed by atoms with van der Waals surface area (Å²) in [5.74, 6) is -1.04. The smallest absolute Gasteiger partial charge is 0.335 e. The number of nitrogens with zero attached hydrogens (tertiary/aromatic N) is 2. The van der Waals surface area contributed by atoms with E-state index in [-0.39, 0.29) is 17.5 Å². The maximum absolute atomic E-state index is 12.1. The normalized spacial score (nSPS) is 13.4. The van der Waals surface area contributed by atoms with Crippen molar-refractivity contribution in [2.24, 2.45) is 0 Å². The van der Waals surface area contributed by atoms with Crippen LogP contribution in [-0.2, 0) is 20.9 Å². The van der Waals surface area contributed by atoms with Gasteiger partial charge in [0, 0.05) is 55.0 Å². The average Bonchev–Trinajstić information content (AvgIpc) is 3.39. The van der Waals surface area contributed by atoms with Crippen molar-refractivity contribution >= 4 is 28.9 Å². The molecule has 0 aliphatic carbocycles. The van der Waals surface area contributed by atoms with Crippen molar-refractivity contribution in [2.75, 3.05) is 27.3 Å². The lowest BCUT2D eigenvalue weighted by Crippen LogP contribution is -2.59. The lowest BCUT2D eigenvalue weighted by atomic mass is 10.0. The number of hydrogen-bond acceptors (Lipinski definition) is 7. The third kappa shape index (κ3) is 5.57. The minimum Gasteiger partial charge on any atom is -0.496 e. The number of ether oxygens (including phenoxy) is 2. The number of hydrogen-bond donors (Lipinski definition) is 3. The number of esters is 1. The van der Waals surface area contributed by atoms with E-state index in [2.05, 4.69) is 26.1 Å². The summed E-state index contributed by atoms with van der Waals surface area (Å²) in [7, 11) is 2.89. The highest BCUT2D eigenvalue weighted by Crippen LogP contribution is 2.35. The van der Waals surface area contributed by atoms with Gasteiger partial charge in [-0.25, -0.2) is 14.6 Å². The van der Waals surface area contributed by atoms with E-state index in [4.69, 9.17) is 4.74 Å². The Bertz CT molecular complexity index is 1600. The number of nitrogens with one attached hydrogen (secondary N) is 2. The Morgan fingerprint density at radius 1 is 1.05 bits per heavy atom. The molecule has 2 aromatic carbocycles. The molecule has 1 fully saturated rings. The Kier molecular flexibility index (Phi) is 7.61. The van der Waals surface area contributed by atoms with E-state index in [1.54, 1.807) is 42.5 Å². The number of pyridine rings is 1. The fraction of sp³-hybridized carbons (Fsp3) is 0.200. The molecule has 0 radical (unpaired) electrons. The standard InChI is InChI=1S/C30H28N4O6/c1-39-26-8-3-18(15-32-21-16-34(17-21)27(35)9-10-28(36)40-2)13-24(26)25-14-23-22(11-12-31-29(23)33-25)19-4-6-20(7-5-19)30(37)38/h3-14,21,32H,15-17H2,1-2H3,(H,31,33)(H,37,38)/b10-9+. The van der Waals surface area contributed by atoms with Crippen molar-refractivity contribution in [1.29, 1.82) is 0 Å². The first-order valence-electron chi connectivity index (χ1n) is 12.6. The van der Waals surface area contributed by atoms with Gasteiger partial charge in [-0.15, -0.1) is 0 Å². The summed E-state index contributed by atoms with van der Waals surface area (Å²) in [6.45, 7) is 1.70. The van der Waals surface area contributed by atoms with Crippen molar-refractivity contribution in [3.05, 3.63) is 84.1 Å². The summed E-state index contributed by atoms with van der Waals surface area (Å²) in [5, 5.41) is 13.6. The van der Waals surface area contributed by atoms with Crippen molar-refractivity contribution in [3.63, 3.8) is 0 Å². The van der Waals surface area contributed by atoms with Gasteiger partial charge in [-0.05, 0) is 53.1 Å². The van der Waals surface area contributed by atoms with Crippen LogP contribution >= 0.6 is 0 Å². The van der Waals surface area contributed by atoms with Gasteiger partial charge in [0.15, 0.2) is 0 Å². The third-order valence-electron chi connectivity index (χ3n) is 6.88. The fourth-order valence-corrected chi connectivity index (χ4v) is 4.65. The number of carbonyl (C=O) groups is 3. The van der Waals surface area contributed by atoms with Gasteiger partial charge in [-0.2, -0.15) is 0 Å². The fourth-order valence-electron chi connectivity index (χ4n) is 4.65. The van der Waals surface area contributed by atoms with Gasteiger partial charge >= 0.3 is 11.9 Å². The number of methoxy groups -OCH3 is 2. The maximum Gasteiger partial charge on any atom is 0.335 e. The average molecular weight is 541 g/mol. The summed E-state index contributed by atoms with van der Waals surface area (Å²) in [5.41, 5.74) is 5.53. The van der Waals surface area contributed by atoms with Crippen LogP contribution in [0.5, 0.6) is 5.75 Å². The molecular formula is C30H28N4O6. The summed E-state index contributed by atoms with van der Waals surface area (Å²) in [6, 6.07) is 16.8. The maximum atomic E-state index is 12.1. The molecule has 5 rings (SSSR count). The summed E-state index contributed by atoms with van der Waals surface area (Å²) in [6.07, 6.45) is 4.07. The molecule has 1 aliphatic heterocycles. The molecule has 0 atom stereocenters. The molecule has 1 saturated heterocycles. The number of carboxylic acid groups (broad SMARTS) is 1. The Morgan fingerprint density at radius 2 is 1.82 bits per heavy atom. The van der Waals surface area contributed by atoms with Gasteiger partial charge < -0.3 is 29.8 Å². The van der Waals surface area contributed by atoms with Gasteiger partial charge in [0.05, 0.1) is 25.5 Å². The zero-order valence-electron chi connectivity index (χ0n) is 22.0. The molecule has 0 saturated carbocycles. The zero-order valence-corrected chi connectivity index (χ0v) is 22.0. The predicted molar refractivity (Wildman–Crippen MR) is 149 cm³/mol. The summed E-state index contributed by atoms with van der Waals surface area (Å²) in [4.78, 5) is 44.1. The van der Waals surface area contributed by atoms with Crippen LogP contribution in [0.3, 0.4) is 0 Å². The molecule has 0 bridgehead atoms. The monoisotopic (exact) mass is 540 g/mol. The first-order valence-corrected chi connectivity index (χ1v) is 12.6. The number of aromatic carboxylic acids is 1. The Hall–Kier alpha value is -4.96. The number of amides is 1. The van der Waals surface area contributed by atoms with Crippen molar-refractivity contribution in [2.45, 2.75) is 12.6 Å². The highest BCUT2D eigenvalue weighted by Gasteiger charge is 2.29. The van der Waals surface area contributed by atoms with Crippen LogP contribution in [0.2, 0.25) is 0 Å². The second-order valence-electron chi connectivity index (χ2n) is 9.40. The summed E-state index contributed by atoms with van der Waals surface area (Å²) < 4.78 is 10.2. The van der Waals surface area contributed by atoms with Crippen LogP contribution in [0.4, 0.5) is 0 Å². The van der Waals surface area contributed by atoms with Gasteiger partial charge in [-0.1, -0.05) is 18.2 Å². The Balaban J connectivity index is 1.31. The first-order chi connectivity index (χ1) is 19.4. The molecule has 3 heterocycles. The molecule has 40 heavy (non-hydrogen) atoms. The van der Waals surface area contributed by atoms with E-state index in [1.165, 1.54) is 13.2 Å². The van der Waals surface area contributed by atoms with Crippen molar-refractivity contribution in [1.82, 2.24) is 20.2 Å². The Morgan fingerprint density at radius 3 is 2.52 bits per heavy atom. The van der Waals surface area contributed by atoms with Crippen LogP contribution in [-0.4, -0.2) is 71.2 Å². The van der Waals surface area contributed by atoms with Gasteiger partial charge in [0.25, 0.3) is 0 Å². The van der Waals surface area contributed by atoms with Gasteiger partial charge in [0.2, 0.25) is 5.91 Å². The SMILES string of the molecule is COC(=O)/C=C/C(=O)N1CC(NCc2ccc(OC)c(-c3cc4c(-c5ccc(C(=O)O)cc5)ccnc4[nH]3)c2)C1. The first kappa shape index (κ1) is 26.6. The molecule has 10 nitrogen and oxygen atoms in total. The second kappa shape index (κ2) is 11.4. The number of fused-ring (bicyclic) bond motifs is 1. The molecular weight excluding hydrogens is 512 g/mol. The van der Waals surface area contributed by atoms with Gasteiger partial charge in [0.1, 0.15) is 11.4 Å². The lowest BCUT2D eigenvalue weighted by molar-refractivity contribution is -0.136. The molecule has 0 unspecified atom stereocenters. The van der Waals surface area contributed by atoms with E-state index in [0.29, 0.717) is 31.0 Å². The zero-order chi connectivity index (χ0) is 28.2. The van der Waals surface area contributed by atoms with E-state index in [0.717, 1.165) is 39.4 Å². The van der Waals surface area contributed by atoms with Crippen LogP contribution in [0.25, 0.3) is 33.4 Å². The van der Waals surface area contributed by atoms with E-state index >= 15 is 0 Å². The molecule has 10 heteroatoms. The van der Waals surface area contributed by atoms with Crippen LogP contribution in [0, 0.1) is 0 Å². The lowest BCUT2D eigenvalue weighted by Gasteiger charge is -2.39. The van der Waals surface area contributed by atoms with Crippen molar-refractivity contribution in [3.8, 4) is 28.1 Å². The molecule has 4 aromatic rings. The van der Waals surface area contributed by atoms with E-state index in [1.807, 2.05) is 24.3 Å². The van der Waals surface area contributed by atoms with Crippen LogP contribution in [0.1, 0.15) is 15.9 Å². The highest BCUT2D eigenvalue weighted by atomic mass is 16.5. The second-order valence-corrected chi connectivity index (χ2v) is 9.40. The number of likely N-dealkylation sites (tertiary alicyclic amines) is 1. The van der Waals surface area contributed by atoms with Gasteiger partial charge in [-0.3, -0.25) is 4.79 Å². The number of benzene rings is 2. The quantitative estimate of drug-likeness (QED) is 0.217. The number of carbonyl (C=O) groups excluding carboxylic acids is 2. The topological polar surface area (TPSA) is 134 Å². The Labute approximate surface area is 230 Å². The number of aromatic nitrogens is 2. The number of rotatable bonds is 9. The largest absolute Gasteiger partial charge is 0.496 e. The molecule has 204 valence electrons. The number of H-pyrrole nitrogens is 1. The predicted octanol–water partition coefficient (Wildman–Crippen LogP) is 3.63. The highest BCUT2D eigenvalue weighted by molar-refractivity contribution is 5.97. The van der Waals surface area contributed by atoms with E-state index in [9.17, 15) is 19.5 Å². The number of aromatic amines is 1. The van der Waals surface area contributed by atoms with Crippen LogP contribution in [0.15, 0.2) is 72.9 Å². The molecule has 1 aliphatic rings. The number of carboxylic acids is 1. The third-order valence-corrected chi connectivity index (χ3v) is 6.88. The van der Waals surface area contributed by atoms with Crippen LogP contribution < -0.4 is 10.1 Å². The minimum atomic E-state index is -0.965. The van der Waals surface area contributed by atoms with Crippen molar-refractivity contribution < 1.29 is 29.0 Å². The molecule has 1 amide bonds. The molecule has 0 spiro atoms. The minimum absolute atomic E-state index is 0.147. The van der Waals surface area contributed by atoms with E-state index < -0.39 is 11.9 Å². The molecule has 2 aromatic heterocycles. The molecule has 3 N–H and O–H groups in total.